The van der Waals surface area contributed by atoms with Gasteiger partial charge in [0.25, 0.3) is 0 Å². The third kappa shape index (κ3) is 10.4. The molecule has 0 aromatic heterocycles. The van der Waals surface area contributed by atoms with Crippen LogP contribution in [0.15, 0.2) is 24.3 Å². The molecule has 0 fully saturated rings. The van der Waals surface area contributed by atoms with E-state index in [-0.39, 0.29) is 0 Å². The van der Waals surface area contributed by atoms with Crippen LogP contribution in [0.2, 0.25) is 0 Å². The Morgan fingerprint density at radius 1 is 0.645 bits per heavy atom. The molecule has 0 aliphatic rings. The van der Waals surface area contributed by atoms with E-state index >= 15 is 0 Å². The van der Waals surface area contributed by atoms with Crippen LogP contribution in [-0.4, -0.2) is 75.2 Å². The van der Waals surface area contributed by atoms with E-state index in [2.05, 4.69) is 13.2 Å². The van der Waals surface area contributed by atoms with Crippen molar-refractivity contribution in [2.75, 3.05) is 13.2 Å². The molecule has 10 N–H and O–H groups in total. The monoisotopic (exact) mass is 532 g/mol. The van der Waals surface area contributed by atoms with Gasteiger partial charge in [0.2, 0.25) is 22.9 Å². The van der Waals surface area contributed by atoms with Crippen LogP contribution < -0.4 is 10.6 Å². The Bertz CT molecular complexity index is 804. The summed E-state index contributed by atoms with van der Waals surface area (Å²) in [4.78, 5) is 94.9. The SMILES string of the molecule is C=C(COCC(=C)C(=O)NC(P(=O)(O)O)P(=O)(O)O)C(=O)NC(P(=O)(O)O)P(=O)(O)O. The van der Waals surface area contributed by atoms with Gasteiger partial charge in [0, 0.05) is 11.1 Å². The summed E-state index contributed by atoms with van der Waals surface area (Å²) in [5.74, 6) is -2.84. The molecule has 0 aliphatic carbocycles. The van der Waals surface area contributed by atoms with Gasteiger partial charge in [0.15, 0.2) is 0 Å². The first-order valence-electron chi connectivity index (χ1n) is 7.34. The molecule has 31 heavy (non-hydrogen) atoms. The average molecular weight is 532 g/mol. The maximum absolute atomic E-state index is 11.8. The molecule has 17 nitrogen and oxygen atoms in total. The number of rotatable bonds is 12. The number of carbonyl (C=O) groups excluding carboxylic acids is 2. The molecule has 0 aliphatic heterocycles. The highest BCUT2D eigenvalue weighted by atomic mass is 31.2. The number of hydrogen-bond acceptors (Lipinski definition) is 7. The van der Waals surface area contributed by atoms with Crippen molar-refractivity contribution >= 4 is 42.2 Å². The van der Waals surface area contributed by atoms with Crippen molar-refractivity contribution in [3.63, 3.8) is 0 Å². The van der Waals surface area contributed by atoms with Gasteiger partial charge in [-0.05, 0) is 0 Å². The number of amides is 2. The van der Waals surface area contributed by atoms with Gasteiger partial charge in [-0.15, -0.1) is 0 Å². The highest BCUT2D eigenvalue weighted by Gasteiger charge is 2.45. The summed E-state index contributed by atoms with van der Waals surface area (Å²) in [6.07, 6.45) is 0. The highest BCUT2D eigenvalue weighted by Crippen LogP contribution is 2.59. The second kappa shape index (κ2) is 10.7. The summed E-state index contributed by atoms with van der Waals surface area (Å²) in [5.41, 5.74) is -6.91. The Morgan fingerprint density at radius 3 is 1.06 bits per heavy atom. The molecule has 180 valence electrons. The van der Waals surface area contributed by atoms with Crippen LogP contribution in [0.3, 0.4) is 0 Å². The summed E-state index contributed by atoms with van der Waals surface area (Å²) in [7, 11) is -21.8. The van der Waals surface area contributed by atoms with Gasteiger partial charge < -0.3 is 54.5 Å². The van der Waals surface area contributed by atoms with Crippen LogP contribution in [0, 0.1) is 0 Å². The van der Waals surface area contributed by atoms with Gasteiger partial charge in [-0.1, -0.05) is 13.2 Å². The minimum atomic E-state index is -5.46. The molecule has 0 saturated carbocycles. The van der Waals surface area contributed by atoms with Gasteiger partial charge in [0.1, 0.15) is 0 Å². The number of carbonyl (C=O) groups is 2. The van der Waals surface area contributed by atoms with Crippen LogP contribution in [0.4, 0.5) is 0 Å². The molecule has 0 heterocycles. The molecule has 0 spiro atoms. The Balaban J connectivity index is 4.90. The first-order chi connectivity index (χ1) is 13.6. The van der Waals surface area contributed by atoms with Crippen molar-refractivity contribution in [2.24, 2.45) is 0 Å². The second-order valence-electron chi connectivity index (χ2n) is 5.75. The van der Waals surface area contributed by atoms with E-state index in [0.29, 0.717) is 0 Å². The predicted octanol–water partition coefficient (Wildman–Crippen LogP) is -2.37. The highest BCUT2D eigenvalue weighted by molar-refractivity contribution is 7.71. The predicted molar refractivity (Wildman–Crippen MR) is 101 cm³/mol. The molecule has 0 rings (SSSR count). The average Bonchev–Trinajstić information content (AvgIpc) is 2.52. The maximum Gasteiger partial charge on any atom is 0.360 e. The minimum Gasteiger partial charge on any atom is -0.372 e. The largest absolute Gasteiger partial charge is 0.372 e. The van der Waals surface area contributed by atoms with E-state index in [9.17, 15) is 27.8 Å². The first-order valence-corrected chi connectivity index (χ1v) is 14.1. The van der Waals surface area contributed by atoms with Crippen molar-refractivity contribution in [1.29, 1.82) is 0 Å². The second-order valence-corrected chi connectivity index (χ2v) is 13.3. The van der Waals surface area contributed by atoms with Gasteiger partial charge in [0.05, 0.1) is 13.2 Å². The molecular formula is C10H20N2O15P4. The summed E-state index contributed by atoms with van der Waals surface area (Å²) in [6.45, 7) is 4.75. The van der Waals surface area contributed by atoms with Crippen LogP contribution in [0.25, 0.3) is 0 Å². The molecule has 0 aromatic carbocycles. The summed E-state index contributed by atoms with van der Waals surface area (Å²) in [5, 5.41) is 2.79. The van der Waals surface area contributed by atoms with E-state index in [1.165, 1.54) is 10.6 Å². The normalized spacial score (nSPS) is 13.2. The Morgan fingerprint density at radius 2 is 0.871 bits per heavy atom. The quantitative estimate of drug-likeness (QED) is 0.0927. The lowest BCUT2D eigenvalue weighted by molar-refractivity contribution is -0.118. The lowest BCUT2D eigenvalue weighted by Gasteiger charge is -2.21. The van der Waals surface area contributed by atoms with Crippen LogP contribution in [0.5, 0.6) is 0 Å². The molecule has 0 unspecified atom stereocenters. The van der Waals surface area contributed by atoms with Gasteiger partial charge in [-0.25, -0.2) is 0 Å². The fraction of sp³-hybridized carbons (Fsp3) is 0.400. The summed E-state index contributed by atoms with van der Waals surface area (Å²) < 4.78 is 49.2. The Kier molecular flexibility index (Phi) is 10.4. The topological polar surface area (TPSA) is 298 Å². The number of hydrogen-bond donors (Lipinski definition) is 10. The zero-order valence-corrected chi connectivity index (χ0v) is 18.8. The van der Waals surface area contributed by atoms with Crippen molar-refractivity contribution in [3.05, 3.63) is 24.3 Å². The van der Waals surface area contributed by atoms with Crippen molar-refractivity contribution in [1.82, 2.24) is 10.6 Å². The first kappa shape index (κ1) is 30.0. The molecule has 21 heteroatoms. The number of nitrogens with one attached hydrogen (secondary N) is 2. The van der Waals surface area contributed by atoms with Crippen molar-refractivity contribution < 1.29 is 71.7 Å². The van der Waals surface area contributed by atoms with E-state index in [0.717, 1.165) is 0 Å². The molecule has 0 radical (unpaired) electrons. The van der Waals surface area contributed by atoms with Crippen LogP contribution in [0.1, 0.15) is 0 Å². The van der Waals surface area contributed by atoms with Crippen molar-refractivity contribution in [2.45, 2.75) is 11.0 Å². The smallest absolute Gasteiger partial charge is 0.360 e. The third-order valence-corrected chi connectivity index (χ3v) is 9.66. The molecule has 0 aromatic rings. The Hall–Kier alpha value is -1.02. The fourth-order valence-corrected chi connectivity index (χ4v) is 5.87. The Labute approximate surface area is 173 Å². The summed E-state index contributed by atoms with van der Waals surface area (Å²) in [6, 6.07) is 0. The molecule has 0 atom stereocenters. The standard InChI is InChI=1S/C10H20N2O15P4/c1-5(7(13)11-9(28(15,16)17)29(18,19)20)3-27-4-6(2)8(14)12-10(30(21,22)23)31(24,25)26/h9-10H,1-4H2,(H,11,13)(H,12,14)(H2,15,16,17)(H2,18,19,20)(H2,21,22,23)(H2,24,25,26). The zero-order valence-electron chi connectivity index (χ0n) is 15.2. The van der Waals surface area contributed by atoms with Gasteiger partial charge >= 0.3 is 30.4 Å². The van der Waals surface area contributed by atoms with Gasteiger partial charge in [-0.3, -0.25) is 27.8 Å². The molecule has 0 bridgehead atoms. The lowest BCUT2D eigenvalue weighted by atomic mass is 10.3. The minimum absolute atomic E-state index is 0.608. The van der Waals surface area contributed by atoms with E-state index in [1.807, 2.05) is 0 Å². The van der Waals surface area contributed by atoms with Crippen LogP contribution in [-0.2, 0) is 32.6 Å². The maximum atomic E-state index is 11.8. The van der Waals surface area contributed by atoms with E-state index in [1.54, 1.807) is 0 Å². The molecule has 2 amide bonds. The van der Waals surface area contributed by atoms with Gasteiger partial charge in [-0.2, -0.15) is 0 Å². The summed E-state index contributed by atoms with van der Waals surface area (Å²) >= 11 is 0. The van der Waals surface area contributed by atoms with E-state index < -0.39 is 77.6 Å². The molecular weight excluding hydrogens is 512 g/mol. The fourth-order valence-electron chi connectivity index (χ4n) is 1.60. The van der Waals surface area contributed by atoms with Crippen LogP contribution >= 0.6 is 30.4 Å². The molecule has 0 saturated heterocycles. The zero-order chi connectivity index (χ0) is 25.0. The van der Waals surface area contributed by atoms with E-state index in [4.69, 9.17) is 43.9 Å². The lowest BCUT2D eigenvalue weighted by Crippen LogP contribution is -2.37. The number of ether oxygens (including phenoxy) is 1. The third-order valence-electron chi connectivity index (χ3n) is 2.99. The van der Waals surface area contributed by atoms with Crippen molar-refractivity contribution in [3.8, 4) is 0 Å².